The molecule has 0 aliphatic rings. The van der Waals surface area contributed by atoms with Gasteiger partial charge in [-0.25, -0.2) is 8.78 Å². The number of aromatic hydroxyl groups is 1. The molecule has 164 valence electrons. The molecule has 0 aliphatic carbocycles. The van der Waals surface area contributed by atoms with Crippen LogP contribution in [0.4, 0.5) is 14.6 Å². The summed E-state index contributed by atoms with van der Waals surface area (Å²) in [6.07, 6.45) is -1.03. The molecule has 2 aromatic carbocycles. The van der Waals surface area contributed by atoms with Crippen molar-refractivity contribution in [3.63, 3.8) is 0 Å². The van der Waals surface area contributed by atoms with Crippen LogP contribution in [0.2, 0.25) is 0 Å². The number of thiol groups is 1. The summed E-state index contributed by atoms with van der Waals surface area (Å²) in [4.78, 5) is 25.3. The van der Waals surface area contributed by atoms with Gasteiger partial charge in [-0.15, -0.1) is 0 Å². The van der Waals surface area contributed by atoms with Gasteiger partial charge in [0, 0.05) is 16.7 Å². The third-order valence-corrected chi connectivity index (χ3v) is 4.78. The summed E-state index contributed by atoms with van der Waals surface area (Å²) in [6.45, 7) is 3.30. The number of amides is 1. The number of carbonyl (C=O) groups is 1. The average Bonchev–Trinajstić information content (AvgIpc) is 2.74. The first-order valence-electron chi connectivity index (χ1n) is 9.11. The number of nitrogens with two attached hydrogens (primary N) is 2. The lowest BCUT2D eigenvalue weighted by atomic mass is 10.0. The highest BCUT2D eigenvalue weighted by atomic mass is 32.1. The first-order valence-corrected chi connectivity index (χ1v) is 10.0. The quantitative estimate of drug-likeness (QED) is 0.453. The molecule has 1 aromatic heterocycles. The van der Waals surface area contributed by atoms with Crippen LogP contribution < -0.4 is 17.0 Å². The van der Waals surface area contributed by atoms with Gasteiger partial charge in [0.15, 0.2) is 0 Å². The van der Waals surface area contributed by atoms with Crippen LogP contribution in [0.1, 0.15) is 33.5 Å². The molecule has 0 radical (unpaired) electrons. The maximum Gasteiger partial charge on any atom is 0.264 e. The molecule has 0 atom stereocenters. The number of anilines is 1. The van der Waals surface area contributed by atoms with Crippen molar-refractivity contribution in [2.45, 2.75) is 20.3 Å². The first-order chi connectivity index (χ1) is 14.6. The van der Waals surface area contributed by atoms with Gasteiger partial charge in [-0.1, -0.05) is 24.3 Å². The number of nitrogens with zero attached hydrogens (tertiary/aromatic N) is 1. The predicted molar refractivity (Wildman–Crippen MR) is 121 cm³/mol. The van der Waals surface area contributed by atoms with Crippen LogP contribution in [0.25, 0.3) is 16.8 Å². The largest absolute Gasteiger partial charge is 0.508 e. The van der Waals surface area contributed by atoms with E-state index < -0.39 is 17.9 Å². The van der Waals surface area contributed by atoms with Gasteiger partial charge < -0.3 is 16.6 Å². The highest BCUT2D eigenvalue weighted by Crippen LogP contribution is 2.31. The molecular weight excluding hydrogens is 424 g/mol. The van der Waals surface area contributed by atoms with E-state index in [1.165, 1.54) is 36.4 Å². The minimum atomic E-state index is -2.72. The summed E-state index contributed by atoms with van der Waals surface area (Å²) in [5, 5.41) is 10.1. The fourth-order valence-corrected chi connectivity index (χ4v) is 3.27. The number of aromatic nitrogens is 1. The second-order valence-corrected chi connectivity index (χ2v) is 6.66. The fourth-order valence-electron chi connectivity index (χ4n) is 3.27. The summed E-state index contributed by atoms with van der Waals surface area (Å²) in [5.41, 5.74) is 12.0. The Labute approximate surface area is 183 Å². The van der Waals surface area contributed by atoms with Crippen LogP contribution in [0, 0.1) is 13.8 Å². The number of aryl methyl sites for hydroxylation is 1. The summed E-state index contributed by atoms with van der Waals surface area (Å²) >= 11 is 3.53. The van der Waals surface area contributed by atoms with E-state index in [0.29, 0.717) is 16.8 Å². The molecular formula is C22H23F2N3O3S. The maximum atomic E-state index is 13.3. The lowest BCUT2D eigenvalue weighted by molar-refractivity contribution is 0.100. The van der Waals surface area contributed by atoms with Crippen LogP contribution >= 0.6 is 12.6 Å². The summed E-state index contributed by atoms with van der Waals surface area (Å²) < 4.78 is 27.3. The lowest BCUT2D eigenvalue weighted by Crippen LogP contribution is -2.28. The van der Waals surface area contributed by atoms with Crippen LogP contribution in [0.15, 0.2) is 47.3 Å². The smallest absolute Gasteiger partial charge is 0.264 e. The van der Waals surface area contributed by atoms with Gasteiger partial charge in [0.05, 0.1) is 11.3 Å². The number of phenolic OH excluding ortho intramolecular Hbond substituents is 1. The number of hydrogen-bond acceptors (Lipinski definition) is 5. The molecule has 9 heteroatoms. The maximum absolute atomic E-state index is 13.3. The average molecular weight is 448 g/mol. The Hall–Kier alpha value is -3.33. The number of benzene rings is 2. The fraction of sp³-hybridized carbons (Fsp3) is 0.182. The number of rotatable bonds is 4. The van der Waals surface area contributed by atoms with Crippen molar-refractivity contribution in [1.82, 2.24) is 4.57 Å². The van der Waals surface area contributed by atoms with E-state index in [0.717, 1.165) is 4.57 Å². The molecule has 3 rings (SSSR count). The number of carbonyl (C=O) groups excluding carboxylic acids is 1. The number of nitrogen functional groups attached to an aromatic ring is 1. The molecule has 0 saturated heterocycles. The summed E-state index contributed by atoms with van der Waals surface area (Å²) in [5.74, 6) is -1.14. The molecule has 3 aromatic rings. The van der Waals surface area contributed by atoms with E-state index in [-0.39, 0.29) is 33.8 Å². The van der Waals surface area contributed by atoms with Gasteiger partial charge in [-0.2, -0.15) is 12.6 Å². The molecule has 1 amide bonds. The van der Waals surface area contributed by atoms with Crippen LogP contribution in [-0.2, 0) is 0 Å². The minimum absolute atomic E-state index is 0.0161. The summed E-state index contributed by atoms with van der Waals surface area (Å²) in [7, 11) is 0. The lowest BCUT2D eigenvalue weighted by Gasteiger charge is -2.19. The molecule has 0 saturated carbocycles. The molecule has 0 unspecified atom stereocenters. The molecule has 0 spiro atoms. The third kappa shape index (κ3) is 4.56. The van der Waals surface area contributed by atoms with E-state index in [9.17, 15) is 23.5 Å². The third-order valence-electron chi connectivity index (χ3n) is 4.78. The van der Waals surface area contributed by atoms with Gasteiger partial charge in [-0.05, 0) is 49.4 Å². The highest BCUT2D eigenvalue weighted by Gasteiger charge is 2.22. The van der Waals surface area contributed by atoms with E-state index in [2.05, 4.69) is 12.6 Å². The number of hydrogen-bond donors (Lipinski definition) is 4. The van der Waals surface area contributed by atoms with Crippen molar-refractivity contribution in [2.24, 2.45) is 5.73 Å². The molecule has 1 heterocycles. The minimum Gasteiger partial charge on any atom is -0.508 e. The van der Waals surface area contributed by atoms with Crippen molar-refractivity contribution < 1.29 is 18.7 Å². The predicted octanol–water partition coefficient (Wildman–Crippen LogP) is 3.99. The Morgan fingerprint density at radius 3 is 2.35 bits per heavy atom. The molecule has 0 aliphatic heterocycles. The normalized spacial score (nSPS) is 10.5. The number of phenols is 1. The Kier molecular flexibility index (Phi) is 7.46. The molecule has 31 heavy (non-hydrogen) atoms. The number of pyridine rings is 1. The number of primary amides is 1. The van der Waals surface area contributed by atoms with Crippen LogP contribution in [0.3, 0.4) is 0 Å². The van der Waals surface area contributed by atoms with E-state index in [4.69, 9.17) is 11.5 Å². The Morgan fingerprint density at radius 2 is 1.77 bits per heavy atom. The Bertz CT molecular complexity index is 1190. The Morgan fingerprint density at radius 1 is 1.13 bits per heavy atom. The van der Waals surface area contributed by atoms with Gasteiger partial charge >= 0.3 is 0 Å². The van der Waals surface area contributed by atoms with Crippen molar-refractivity contribution in [3.05, 3.63) is 75.1 Å². The first kappa shape index (κ1) is 23.9. The molecule has 0 bridgehead atoms. The molecule has 6 nitrogen and oxygen atoms in total. The van der Waals surface area contributed by atoms with Crippen molar-refractivity contribution in [2.75, 3.05) is 12.0 Å². The van der Waals surface area contributed by atoms with Crippen LogP contribution in [-0.4, -0.2) is 21.8 Å². The van der Waals surface area contributed by atoms with Gasteiger partial charge in [-0.3, -0.25) is 14.2 Å². The van der Waals surface area contributed by atoms with Gasteiger partial charge in [0.25, 0.3) is 17.9 Å². The summed E-state index contributed by atoms with van der Waals surface area (Å²) in [6, 6.07) is 9.56. The zero-order valence-corrected chi connectivity index (χ0v) is 18.1. The van der Waals surface area contributed by atoms with Crippen molar-refractivity contribution >= 4 is 24.4 Å². The second kappa shape index (κ2) is 9.65. The molecule has 0 fully saturated rings. The zero-order chi connectivity index (χ0) is 23.5. The highest BCUT2D eigenvalue weighted by molar-refractivity contribution is 7.79. The molecule has 5 N–H and O–H groups in total. The van der Waals surface area contributed by atoms with Gasteiger partial charge in [0.1, 0.15) is 11.6 Å². The second-order valence-electron chi connectivity index (χ2n) is 6.66. The number of halogens is 2. The topological polar surface area (TPSA) is 111 Å². The monoisotopic (exact) mass is 447 g/mol. The Balaban J connectivity index is 0.00000166. The number of alkyl halides is 2. The standard InChI is InChI=1S/C21H19F2N3O3.CH4S/c1-10-6-7-16(27)11(2)17(10)26-19(24)15(20(25)28)9-14(21(26)29)12-4-3-5-13(8-12)18(22)23;1-2/h3-9,18,27H,24H2,1-2H3,(H2,25,28);2H,1H3. The zero-order valence-electron chi connectivity index (χ0n) is 17.2. The van der Waals surface area contributed by atoms with E-state index >= 15 is 0 Å². The van der Waals surface area contributed by atoms with Crippen molar-refractivity contribution in [3.8, 4) is 22.6 Å². The van der Waals surface area contributed by atoms with Gasteiger partial charge in [0.2, 0.25) is 0 Å². The van der Waals surface area contributed by atoms with E-state index in [1.807, 2.05) is 0 Å². The van der Waals surface area contributed by atoms with Crippen LogP contribution in [0.5, 0.6) is 5.75 Å². The van der Waals surface area contributed by atoms with Crippen molar-refractivity contribution in [1.29, 1.82) is 0 Å². The van der Waals surface area contributed by atoms with E-state index in [1.54, 1.807) is 26.2 Å². The SMILES string of the molecule is CS.Cc1ccc(O)c(C)c1-n1c(N)c(C(N)=O)cc(-c2cccc(C(F)F)c2)c1=O.